The smallest absolute Gasteiger partial charge is 0.250 e. The molecule has 1 aromatic carbocycles. The summed E-state index contributed by atoms with van der Waals surface area (Å²) in [5.41, 5.74) is 6.88. The fourth-order valence-electron chi connectivity index (χ4n) is 1.62. The number of amidine groups is 1. The average Bonchev–Trinajstić information content (AvgIpc) is 2.48. The van der Waals surface area contributed by atoms with Crippen LogP contribution < -0.4 is 10.5 Å². The van der Waals surface area contributed by atoms with Crippen molar-refractivity contribution in [2.45, 2.75) is 6.61 Å². The Hall–Kier alpha value is -2.67. The van der Waals surface area contributed by atoms with Gasteiger partial charge in [-0.3, -0.25) is 0 Å². The summed E-state index contributed by atoms with van der Waals surface area (Å²) >= 11 is 0. The summed E-state index contributed by atoms with van der Waals surface area (Å²) in [7, 11) is 1.62. The first-order chi connectivity index (χ1) is 9.74. The van der Waals surface area contributed by atoms with Gasteiger partial charge in [-0.05, 0) is 23.8 Å². The molecule has 1 aromatic heterocycles. The minimum absolute atomic E-state index is 0.0945. The number of oxime groups is 1. The second-order valence-corrected chi connectivity index (χ2v) is 3.92. The normalized spacial score (nSPS) is 11.3. The number of nitrogens with zero attached hydrogens (tertiary/aromatic N) is 3. The van der Waals surface area contributed by atoms with Crippen molar-refractivity contribution in [2.24, 2.45) is 10.9 Å². The number of hydrogen-bond donors (Lipinski definition) is 2. The monoisotopic (exact) mass is 274 g/mol. The molecule has 7 heteroatoms. The van der Waals surface area contributed by atoms with Crippen molar-refractivity contribution in [1.29, 1.82) is 0 Å². The van der Waals surface area contributed by atoms with E-state index in [0.29, 0.717) is 17.9 Å². The van der Waals surface area contributed by atoms with Gasteiger partial charge in [-0.2, -0.15) is 5.10 Å². The van der Waals surface area contributed by atoms with Gasteiger partial charge < -0.3 is 20.4 Å². The van der Waals surface area contributed by atoms with Gasteiger partial charge in [0.1, 0.15) is 5.75 Å². The molecule has 0 amide bonds. The average molecular weight is 274 g/mol. The van der Waals surface area contributed by atoms with Gasteiger partial charge in [-0.25, -0.2) is 0 Å². The van der Waals surface area contributed by atoms with Gasteiger partial charge in [0, 0.05) is 7.11 Å². The summed E-state index contributed by atoms with van der Waals surface area (Å²) < 4.78 is 10.7. The van der Waals surface area contributed by atoms with E-state index in [1.165, 1.54) is 6.20 Å². The van der Waals surface area contributed by atoms with Crippen LogP contribution >= 0.6 is 0 Å². The van der Waals surface area contributed by atoms with E-state index < -0.39 is 0 Å². The molecule has 0 saturated heterocycles. The van der Waals surface area contributed by atoms with E-state index >= 15 is 0 Å². The number of nitrogens with two attached hydrogens (primary N) is 1. The summed E-state index contributed by atoms with van der Waals surface area (Å²) in [5, 5.41) is 19.2. The highest BCUT2D eigenvalue weighted by Gasteiger charge is 2.11. The lowest BCUT2D eigenvalue weighted by atomic mass is 10.2. The van der Waals surface area contributed by atoms with Crippen LogP contribution in [0.25, 0.3) is 0 Å². The lowest BCUT2D eigenvalue weighted by Gasteiger charge is -2.09. The third kappa shape index (κ3) is 3.21. The maximum absolute atomic E-state index is 8.74. The van der Waals surface area contributed by atoms with Crippen LogP contribution in [0.4, 0.5) is 0 Å². The van der Waals surface area contributed by atoms with Crippen molar-refractivity contribution in [1.82, 2.24) is 10.2 Å². The molecule has 0 saturated carbocycles. The zero-order valence-electron chi connectivity index (χ0n) is 10.9. The van der Waals surface area contributed by atoms with Crippen molar-refractivity contribution in [3.63, 3.8) is 0 Å². The molecule has 2 aromatic rings. The number of hydrogen-bond acceptors (Lipinski definition) is 6. The Morgan fingerprint density at radius 3 is 3.00 bits per heavy atom. The summed E-state index contributed by atoms with van der Waals surface area (Å²) in [6.07, 6.45) is 1.43. The Labute approximate surface area is 115 Å². The molecule has 0 fully saturated rings. The maximum atomic E-state index is 8.74. The third-order valence-corrected chi connectivity index (χ3v) is 2.49. The van der Waals surface area contributed by atoms with Crippen molar-refractivity contribution in [2.75, 3.05) is 7.11 Å². The van der Waals surface area contributed by atoms with Crippen LogP contribution in [0.5, 0.6) is 11.6 Å². The van der Waals surface area contributed by atoms with Crippen LogP contribution in [0.15, 0.2) is 41.7 Å². The quantitative estimate of drug-likeness (QED) is 0.371. The van der Waals surface area contributed by atoms with Crippen LogP contribution in [-0.2, 0) is 11.3 Å². The molecule has 1 heterocycles. The predicted octanol–water partition coefficient (Wildman–Crippen LogP) is 1.51. The molecule has 0 aliphatic carbocycles. The minimum Gasteiger partial charge on any atom is -0.437 e. The highest BCUT2D eigenvalue weighted by atomic mass is 16.5. The Morgan fingerprint density at radius 2 is 2.25 bits per heavy atom. The number of benzene rings is 1. The van der Waals surface area contributed by atoms with Gasteiger partial charge in [-0.15, -0.1) is 5.10 Å². The molecule has 0 unspecified atom stereocenters. The lowest BCUT2D eigenvalue weighted by Crippen LogP contribution is -2.15. The predicted molar refractivity (Wildman–Crippen MR) is 71.8 cm³/mol. The molecule has 0 aliphatic heterocycles. The van der Waals surface area contributed by atoms with E-state index in [1.807, 2.05) is 18.2 Å². The molecule has 0 radical (unpaired) electrons. The second-order valence-electron chi connectivity index (χ2n) is 3.92. The zero-order valence-corrected chi connectivity index (χ0v) is 10.9. The standard InChI is InChI=1S/C13H14N4O3/c1-19-8-9-3-2-4-10(7-9)20-13-11(12(14)17-18)5-6-15-16-13/h2-7,18H,8H2,1H3,(H2,14,17). The van der Waals surface area contributed by atoms with E-state index in [2.05, 4.69) is 15.4 Å². The fourth-order valence-corrected chi connectivity index (χ4v) is 1.62. The van der Waals surface area contributed by atoms with E-state index in [1.54, 1.807) is 19.2 Å². The summed E-state index contributed by atoms with van der Waals surface area (Å²) in [6.45, 7) is 0.477. The van der Waals surface area contributed by atoms with Crippen LogP contribution in [-0.4, -0.2) is 28.4 Å². The number of methoxy groups -OCH3 is 1. The van der Waals surface area contributed by atoms with Gasteiger partial charge in [-0.1, -0.05) is 17.3 Å². The number of aromatic nitrogens is 2. The van der Waals surface area contributed by atoms with Gasteiger partial charge in [0.25, 0.3) is 0 Å². The second kappa shape index (κ2) is 6.48. The van der Waals surface area contributed by atoms with E-state index in [0.717, 1.165) is 5.56 Å². The molecule has 0 bridgehead atoms. The van der Waals surface area contributed by atoms with Crippen molar-refractivity contribution >= 4 is 5.84 Å². The van der Waals surface area contributed by atoms with Crippen molar-refractivity contribution in [3.05, 3.63) is 47.7 Å². The summed E-state index contributed by atoms with van der Waals surface area (Å²) in [6, 6.07) is 8.88. The van der Waals surface area contributed by atoms with Crippen LogP contribution in [0.3, 0.4) is 0 Å². The highest BCUT2D eigenvalue weighted by molar-refractivity contribution is 5.98. The highest BCUT2D eigenvalue weighted by Crippen LogP contribution is 2.23. The van der Waals surface area contributed by atoms with Gasteiger partial charge >= 0.3 is 0 Å². The lowest BCUT2D eigenvalue weighted by molar-refractivity contribution is 0.184. The van der Waals surface area contributed by atoms with E-state index in [4.69, 9.17) is 20.4 Å². The molecular formula is C13H14N4O3. The number of rotatable bonds is 5. The molecule has 0 spiro atoms. The largest absolute Gasteiger partial charge is 0.437 e. The van der Waals surface area contributed by atoms with Gasteiger partial charge in [0.15, 0.2) is 5.84 Å². The van der Waals surface area contributed by atoms with Gasteiger partial charge in [0.2, 0.25) is 5.88 Å². The molecule has 0 aliphatic rings. The van der Waals surface area contributed by atoms with E-state index in [9.17, 15) is 0 Å². The summed E-state index contributed by atoms with van der Waals surface area (Å²) in [5.74, 6) is 0.632. The number of ether oxygens (including phenoxy) is 2. The Morgan fingerprint density at radius 1 is 1.40 bits per heavy atom. The first-order valence-electron chi connectivity index (χ1n) is 5.80. The van der Waals surface area contributed by atoms with E-state index in [-0.39, 0.29) is 11.7 Å². The SMILES string of the molecule is COCc1cccc(Oc2nnccc2/C(N)=N/O)c1. The Balaban J connectivity index is 2.28. The minimum atomic E-state index is -0.0945. The molecule has 20 heavy (non-hydrogen) atoms. The molecule has 7 nitrogen and oxygen atoms in total. The van der Waals surface area contributed by atoms with Crippen molar-refractivity contribution < 1.29 is 14.7 Å². The molecule has 0 atom stereocenters. The molecular weight excluding hydrogens is 260 g/mol. The Bertz CT molecular complexity index is 616. The third-order valence-electron chi connectivity index (χ3n) is 2.49. The molecule has 2 rings (SSSR count). The van der Waals surface area contributed by atoms with Gasteiger partial charge in [0.05, 0.1) is 18.4 Å². The van der Waals surface area contributed by atoms with Crippen LogP contribution in [0.2, 0.25) is 0 Å². The van der Waals surface area contributed by atoms with Crippen LogP contribution in [0.1, 0.15) is 11.1 Å². The topological polar surface area (TPSA) is 103 Å². The van der Waals surface area contributed by atoms with Crippen molar-refractivity contribution in [3.8, 4) is 11.6 Å². The zero-order chi connectivity index (χ0) is 14.4. The first kappa shape index (κ1) is 13.8. The summed E-state index contributed by atoms with van der Waals surface area (Å²) in [4.78, 5) is 0. The Kier molecular flexibility index (Phi) is 4.46. The van der Waals surface area contributed by atoms with Crippen LogP contribution in [0, 0.1) is 0 Å². The molecule has 3 N–H and O–H groups in total. The first-order valence-corrected chi connectivity index (χ1v) is 5.80. The fraction of sp³-hybridized carbons (Fsp3) is 0.154. The molecule has 104 valence electrons. The maximum Gasteiger partial charge on any atom is 0.250 e.